The molecule has 0 bridgehead atoms. The van der Waals surface area contributed by atoms with Crippen molar-refractivity contribution in [3.8, 4) is 11.6 Å². The normalized spacial score (nSPS) is 11.2. The van der Waals surface area contributed by atoms with Gasteiger partial charge in [0.1, 0.15) is 5.15 Å². The highest BCUT2D eigenvalue weighted by atomic mass is 35.5. The molecule has 3 heterocycles. The molecule has 0 aliphatic rings. The number of hydrogen-bond donors (Lipinski definition) is 0. The summed E-state index contributed by atoms with van der Waals surface area (Å²) in [6, 6.07) is 5.30. The van der Waals surface area contributed by atoms with Crippen LogP contribution in [0.5, 0.6) is 0 Å². The van der Waals surface area contributed by atoms with E-state index in [9.17, 15) is 0 Å². The van der Waals surface area contributed by atoms with Gasteiger partial charge >= 0.3 is 0 Å². The summed E-state index contributed by atoms with van der Waals surface area (Å²) in [5.74, 6) is 1.27. The minimum atomic E-state index is 0.403. The van der Waals surface area contributed by atoms with E-state index >= 15 is 0 Å². The monoisotopic (exact) mass is 266 g/mol. The standard InChI is InChI=1S/C10H7ClN4OS/c1-17-10-12-7(11)5-8-13-14-9(15(8)10)6-3-2-4-16-6/h2-5H,1H3. The Balaban J connectivity index is 2.34. The van der Waals surface area contributed by atoms with Crippen molar-refractivity contribution in [3.05, 3.63) is 29.6 Å². The highest BCUT2D eigenvalue weighted by molar-refractivity contribution is 7.98. The first-order chi connectivity index (χ1) is 8.29. The molecule has 0 aliphatic carbocycles. The average molecular weight is 267 g/mol. The molecule has 0 atom stereocenters. The summed E-state index contributed by atoms with van der Waals surface area (Å²) in [4.78, 5) is 4.23. The van der Waals surface area contributed by atoms with Crippen LogP contribution < -0.4 is 0 Å². The van der Waals surface area contributed by atoms with Gasteiger partial charge in [-0.05, 0) is 18.4 Å². The second kappa shape index (κ2) is 4.05. The number of nitrogens with zero attached hydrogens (tertiary/aromatic N) is 4. The smallest absolute Gasteiger partial charge is 0.206 e. The van der Waals surface area contributed by atoms with Crippen LogP contribution in [0.2, 0.25) is 5.15 Å². The predicted molar refractivity (Wildman–Crippen MR) is 65.3 cm³/mol. The molecule has 5 nitrogen and oxygen atoms in total. The number of halogens is 1. The zero-order valence-corrected chi connectivity index (χ0v) is 10.4. The van der Waals surface area contributed by atoms with Crippen LogP contribution >= 0.6 is 23.4 Å². The van der Waals surface area contributed by atoms with E-state index in [-0.39, 0.29) is 0 Å². The van der Waals surface area contributed by atoms with Gasteiger partial charge in [-0.25, -0.2) is 4.98 Å². The van der Waals surface area contributed by atoms with Gasteiger partial charge in [0.15, 0.2) is 16.6 Å². The van der Waals surface area contributed by atoms with E-state index in [4.69, 9.17) is 16.0 Å². The van der Waals surface area contributed by atoms with Crippen molar-refractivity contribution in [2.24, 2.45) is 0 Å². The number of furan rings is 1. The fourth-order valence-corrected chi connectivity index (χ4v) is 2.34. The van der Waals surface area contributed by atoms with Crippen molar-refractivity contribution in [3.63, 3.8) is 0 Å². The second-order valence-corrected chi connectivity index (χ2v) is 4.42. The molecule has 0 spiro atoms. The van der Waals surface area contributed by atoms with Crippen LogP contribution in [0.25, 0.3) is 17.2 Å². The van der Waals surface area contributed by atoms with Gasteiger partial charge in [-0.2, -0.15) is 0 Å². The van der Waals surface area contributed by atoms with E-state index in [1.54, 1.807) is 18.4 Å². The first-order valence-corrected chi connectivity index (χ1v) is 6.39. The second-order valence-electron chi connectivity index (χ2n) is 3.26. The summed E-state index contributed by atoms with van der Waals surface area (Å²) in [6.07, 6.45) is 3.52. The van der Waals surface area contributed by atoms with Crippen LogP contribution in [-0.4, -0.2) is 25.8 Å². The largest absolute Gasteiger partial charge is 0.461 e. The Morgan fingerprint density at radius 1 is 1.41 bits per heavy atom. The molecule has 3 aromatic heterocycles. The van der Waals surface area contributed by atoms with Crippen molar-refractivity contribution < 1.29 is 4.42 Å². The van der Waals surface area contributed by atoms with Gasteiger partial charge < -0.3 is 4.42 Å². The van der Waals surface area contributed by atoms with Gasteiger partial charge in [-0.15, -0.1) is 10.2 Å². The molecule has 0 aromatic carbocycles. The van der Waals surface area contributed by atoms with E-state index in [1.165, 1.54) is 11.8 Å². The molecule has 7 heteroatoms. The SMILES string of the molecule is CSc1nc(Cl)cc2nnc(-c3ccco3)n12. The summed E-state index contributed by atoms with van der Waals surface area (Å²) >= 11 is 7.38. The third-order valence-corrected chi connectivity index (χ3v) is 3.09. The van der Waals surface area contributed by atoms with Gasteiger partial charge in [0.25, 0.3) is 0 Å². The maximum Gasteiger partial charge on any atom is 0.206 e. The molecule has 0 unspecified atom stereocenters. The summed E-state index contributed by atoms with van der Waals surface area (Å²) < 4.78 is 7.14. The highest BCUT2D eigenvalue weighted by Gasteiger charge is 2.15. The lowest BCUT2D eigenvalue weighted by Gasteiger charge is -2.02. The van der Waals surface area contributed by atoms with E-state index in [0.717, 1.165) is 5.16 Å². The zero-order chi connectivity index (χ0) is 11.8. The Morgan fingerprint density at radius 3 is 3.00 bits per heavy atom. The summed E-state index contributed by atoms with van der Waals surface area (Å²) in [5.41, 5.74) is 0.653. The van der Waals surface area contributed by atoms with Crippen LogP contribution in [0, 0.1) is 0 Å². The molecule has 3 aromatic rings. The lowest BCUT2D eigenvalue weighted by Crippen LogP contribution is -1.96. The molecule has 0 fully saturated rings. The fourth-order valence-electron chi connectivity index (χ4n) is 1.56. The number of thioether (sulfide) groups is 1. The van der Waals surface area contributed by atoms with Crippen molar-refractivity contribution in [1.82, 2.24) is 19.6 Å². The van der Waals surface area contributed by atoms with E-state index in [2.05, 4.69) is 15.2 Å². The first kappa shape index (κ1) is 10.6. The van der Waals surface area contributed by atoms with Gasteiger partial charge in [-0.1, -0.05) is 23.4 Å². The van der Waals surface area contributed by atoms with Gasteiger partial charge in [0.05, 0.1) is 6.26 Å². The van der Waals surface area contributed by atoms with E-state index in [0.29, 0.717) is 22.4 Å². The van der Waals surface area contributed by atoms with Gasteiger partial charge in [0, 0.05) is 6.07 Å². The topological polar surface area (TPSA) is 56.2 Å². The van der Waals surface area contributed by atoms with Crippen LogP contribution in [0.15, 0.2) is 34.0 Å². The highest BCUT2D eigenvalue weighted by Crippen LogP contribution is 2.25. The third-order valence-electron chi connectivity index (χ3n) is 2.25. The zero-order valence-electron chi connectivity index (χ0n) is 8.79. The number of aromatic nitrogens is 4. The minimum Gasteiger partial charge on any atom is -0.461 e. The fraction of sp³-hybridized carbons (Fsp3) is 0.100. The van der Waals surface area contributed by atoms with Gasteiger partial charge in [-0.3, -0.25) is 4.40 Å². The van der Waals surface area contributed by atoms with Crippen molar-refractivity contribution in [2.45, 2.75) is 5.16 Å². The molecule has 0 saturated heterocycles. The maximum atomic E-state index is 5.91. The van der Waals surface area contributed by atoms with Crippen LogP contribution in [-0.2, 0) is 0 Å². The number of hydrogen-bond acceptors (Lipinski definition) is 5. The van der Waals surface area contributed by atoms with Crippen molar-refractivity contribution >= 4 is 29.0 Å². The van der Waals surface area contributed by atoms with Crippen molar-refractivity contribution in [2.75, 3.05) is 6.26 Å². The first-order valence-electron chi connectivity index (χ1n) is 4.79. The van der Waals surface area contributed by atoms with Crippen LogP contribution in [0.4, 0.5) is 0 Å². The molecule has 0 radical (unpaired) electrons. The molecule has 0 aliphatic heterocycles. The van der Waals surface area contributed by atoms with E-state index in [1.807, 2.05) is 16.7 Å². The summed E-state index contributed by atoms with van der Waals surface area (Å²) in [7, 11) is 0. The molecular formula is C10H7ClN4OS. The molecule has 17 heavy (non-hydrogen) atoms. The summed E-state index contributed by atoms with van der Waals surface area (Å²) in [5, 5.41) is 9.28. The Morgan fingerprint density at radius 2 is 2.29 bits per heavy atom. The van der Waals surface area contributed by atoms with Crippen LogP contribution in [0.3, 0.4) is 0 Å². The average Bonchev–Trinajstić information content (AvgIpc) is 2.94. The quantitative estimate of drug-likeness (QED) is 0.406. The Kier molecular flexibility index (Phi) is 2.53. The predicted octanol–water partition coefficient (Wildman–Crippen LogP) is 2.76. The van der Waals surface area contributed by atoms with Crippen LogP contribution in [0.1, 0.15) is 0 Å². The molecule has 0 N–H and O–H groups in total. The Hall–Kier alpha value is -1.53. The number of rotatable bonds is 2. The Bertz CT molecular complexity index is 664. The molecule has 0 amide bonds. The Labute approximate surface area is 106 Å². The third kappa shape index (κ3) is 1.69. The minimum absolute atomic E-state index is 0.403. The molecule has 86 valence electrons. The maximum absolute atomic E-state index is 5.91. The van der Waals surface area contributed by atoms with Gasteiger partial charge in [0.2, 0.25) is 5.82 Å². The molecule has 0 saturated carbocycles. The summed E-state index contributed by atoms with van der Waals surface area (Å²) in [6.45, 7) is 0. The number of fused-ring (bicyclic) bond motifs is 1. The van der Waals surface area contributed by atoms with E-state index < -0.39 is 0 Å². The molecule has 3 rings (SSSR count). The lowest BCUT2D eigenvalue weighted by atomic mass is 10.4. The molecular weight excluding hydrogens is 260 g/mol. The lowest BCUT2D eigenvalue weighted by molar-refractivity contribution is 0.575. The van der Waals surface area contributed by atoms with Crippen molar-refractivity contribution in [1.29, 1.82) is 0 Å².